The summed E-state index contributed by atoms with van der Waals surface area (Å²) in [6, 6.07) is 4.95. The molecule has 0 bridgehead atoms. The molecule has 0 unspecified atom stereocenters. The minimum atomic E-state index is -1.03. The first kappa shape index (κ1) is 11.0. The molecule has 4 nitrogen and oxygen atoms in total. The van der Waals surface area contributed by atoms with Crippen molar-refractivity contribution in [2.24, 2.45) is 5.73 Å². The summed E-state index contributed by atoms with van der Waals surface area (Å²) in [4.78, 5) is 21.4. The third-order valence-corrected chi connectivity index (χ3v) is 1.87. The zero-order valence-electron chi connectivity index (χ0n) is 8.23. The Balaban J connectivity index is 3.17. The number of carboxylic acids is 1. The zero-order chi connectivity index (χ0) is 11.4. The number of benzene rings is 1. The van der Waals surface area contributed by atoms with E-state index in [1.165, 1.54) is 6.08 Å². The molecule has 0 spiro atoms. The van der Waals surface area contributed by atoms with E-state index < -0.39 is 11.9 Å². The average Bonchev–Trinajstić information content (AvgIpc) is 2.15. The maximum Gasteiger partial charge on any atom is 0.336 e. The van der Waals surface area contributed by atoms with Crippen LogP contribution in [0.1, 0.15) is 21.5 Å². The standard InChI is InChI=1S/C11H11NO3/c1-7-2-3-8(4-5-10(12)13)9(6-7)11(14)15/h2-6H,1H3,(H2,12,13)(H,14,15). The summed E-state index contributed by atoms with van der Waals surface area (Å²) in [5.74, 6) is -1.63. The highest BCUT2D eigenvalue weighted by Gasteiger charge is 2.07. The quantitative estimate of drug-likeness (QED) is 0.727. The Bertz CT molecular complexity index is 435. The van der Waals surface area contributed by atoms with Crippen molar-refractivity contribution in [3.63, 3.8) is 0 Å². The van der Waals surface area contributed by atoms with Crippen LogP contribution in [0.2, 0.25) is 0 Å². The smallest absolute Gasteiger partial charge is 0.336 e. The van der Waals surface area contributed by atoms with Crippen molar-refractivity contribution in [3.8, 4) is 0 Å². The molecule has 0 aliphatic heterocycles. The second-order valence-electron chi connectivity index (χ2n) is 3.13. The number of carboxylic acid groups (broad SMARTS) is 1. The minimum absolute atomic E-state index is 0.160. The van der Waals surface area contributed by atoms with Gasteiger partial charge in [-0.3, -0.25) is 4.79 Å². The monoisotopic (exact) mass is 205 g/mol. The van der Waals surface area contributed by atoms with Crippen molar-refractivity contribution < 1.29 is 14.7 Å². The van der Waals surface area contributed by atoms with Crippen LogP contribution in [0.15, 0.2) is 24.3 Å². The SMILES string of the molecule is Cc1ccc(C=CC(N)=O)c(C(=O)O)c1. The fraction of sp³-hybridized carbons (Fsp3) is 0.0909. The molecule has 4 heteroatoms. The van der Waals surface area contributed by atoms with Gasteiger partial charge in [0.05, 0.1) is 5.56 Å². The Labute approximate surface area is 87.0 Å². The number of nitrogens with two attached hydrogens (primary N) is 1. The molecule has 0 fully saturated rings. The maximum absolute atomic E-state index is 10.9. The number of amides is 1. The summed E-state index contributed by atoms with van der Waals surface area (Å²) in [7, 11) is 0. The molecule has 1 aromatic carbocycles. The van der Waals surface area contributed by atoms with Crippen LogP contribution in [-0.4, -0.2) is 17.0 Å². The zero-order valence-corrected chi connectivity index (χ0v) is 8.23. The third-order valence-electron chi connectivity index (χ3n) is 1.87. The van der Waals surface area contributed by atoms with Crippen LogP contribution < -0.4 is 5.73 Å². The predicted molar refractivity (Wildman–Crippen MR) is 56.4 cm³/mol. The molecule has 0 saturated carbocycles. The summed E-state index contributed by atoms with van der Waals surface area (Å²) in [5.41, 5.74) is 6.40. The summed E-state index contributed by atoms with van der Waals surface area (Å²) in [5, 5.41) is 8.91. The first-order chi connectivity index (χ1) is 7.00. The highest BCUT2D eigenvalue weighted by atomic mass is 16.4. The summed E-state index contributed by atoms with van der Waals surface area (Å²) in [6.07, 6.45) is 2.53. The number of carbonyl (C=O) groups excluding carboxylic acids is 1. The van der Waals surface area contributed by atoms with Gasteiger partial charge in [0, 0.05) is 6.08 Å². The molecular formula is C11H11NO3. The Hall–Kier alpha value is -2.10. The topological polar surface area (TPSA) is 80.4 Å². The number of carbonyl (C=O) groups is 2. The molecule has 0 atom stereocenters. The van der Waals surface area contributed by atoms with E-state index in [1.54, 1.807) is 25.1 Å². The van der Waals surface area contributed by atoms with E-state index in [0.29, 0.717) is 5.56 Å². The van der Waals surface area contributed by atoms with Gasteiger partial charge in [0.1, 0.15) is 0 Å². The predicted octanol–water partition coefficient (Wildman–Crippen LogP) is 1.19. The van der Waals surface area contributed by atoms with Crippen LogP contribution in [0.5, 0.6) is 0 Å². The van der Waals surface area contributed by atoms with E-state index in [0.717, 1.165) is 11.6 Å². The number of aromatic carboxylic acids is 1. The number of rotatable bonds is 3. The summed E-state index contributed by atoms with van der Waals surface area (Å²) >= 11 is 0. The maximum atomic E-state index is 10.9. The van der Waals surface area contributed by atoms with Gasteiger partial charge in [-0.2, -0.15) is 0 Å². The fourth-order valence-corrected chi connectivity index (χ4v) is 1.17. The second-order valence-corrected chi connectivity index (χ2v) is 3.13. The van der Waals surface area contributed by atoms with Gasteiger partial charge < -0.3 is 10.8 Å². The fourth-order valence-electron chi connectivity index (χ4n) is 1.17. The highest BCUT2D eigenvalue weighted by molar-refractivity contribution is 5.95. The number of hydrogen-bond donors (Lipinski definition) is 2. The number of hydrogen-bond acceptors (Lipinski definition) is 2. The van der Waals surface area contributed by atoms with Crippen LogP contribution in [0.3, 0.4) is 0 Å². The molecular weight excluding hydrogens is 194 g/mol. The van der Waals surface area contributed by atoms with E-state index in [9.17, 15) is 9.59 Å². The third kappa shape index (κ3) is 2.95. The Morgan fingerprint density at radius 2 is 2.07 bits per heavy atom. The number of primary amides is 1. The molecule has 78 valence electrons. The van der Waals surface area contributed by atoms with Crippen LogP contribution in [0.4, 0.5) is 0 Å². The lowest BCUT2D eigenvalue weighted by atomic mass is 10.0. The van der Waals surface area contributed by atoms with Crippen molar-refractivity contribution in [2.45, 2.75) is 6.92 Å². The lowest BCUT2D eigenvalue weighted by molar-refractivity contribution is -0.113. The highest BCUT2D eigenvalue weighted by Crippen LogP contribution is 2.13. The Morgan fingerprint density at radius 3 is 2.60 bits per heavy atom. The Morgan fingerprint density at radius 1 is 1.40 bits per heavy atom. The van der Waals surface area contributed by atoms with Gasteiger partial charge in [-0.1, -0.05) is 17.7 Å². The minimum Gasteiger partial charge on any atom is -0.478 e. The van der Waals surface area contributed by atoms with Crippen molar-refractivity contribution in [3.05, 3.63) is 41.0 Å². The average molecular weight is 205 g/mol. The molecule has 3 N–H and O–H groups in total. The molecule has 0 radical (unpaired) electrons. The molecule has 0 saturated heterocycles. The molecule has 0 heterocycles. The summed E-state index contributed by atoms with van der Waals surface area (Å²) < 4.78 is 0. The molecule has 0 aliphatic carbocycles. The van der Waals surface area contributed by atoms with Gasteiger partial charge in [0.2, 0.25) is 5.91 Å². The van der Waals surface area contributed by atoms with Crippen LogP contribution >= 0.6 is 0 Å². The van der Waals surface area contributed by atoms with Gasteiger partial charge in [0.25, 0.3) is 0 Å². The molecule has 0 aromatic heterocycles. The van der Waals surface area contributed by atoms with Crippen molar-refractivity contribution in [2.75, 3.05) is 0 Å². The molecule has 0 aliphatic rings. The Kier molecular flexibility index (Phi) is 3.23. The van der Waals surface area contributed by atoms with Crippen molar-refractivity contribution in [1.29, 1.82) is 0 Å². The largest absolute Gasteiger partial charge is 0.478 e. The second kappa shape index (κ2) is 4.41. The van der Waals surface area contributed by atoms with Gasteiger partial charge in [0.15, 0.2) is 0 Å². The lowest BCUT2D eigenvalue weighted by Crippen LogP contribution is -2.06. The van der Waals surface area contributed by atoms with Crippen molar-refractivity contribution in [1.82, 2.24) is 0 Å². The van der Waals surface area contributed by atoms with Crippen molar-refractivity contribution >= 4 is 18.0 Å². The number of aryl methyl sites for hydroxylation is 1. The molecule has 1 amide bonds. The van der Waals surface area contributed by atoms with E-state index in [2.05, 4.69) is 0 Å². The van der Waals surface area contributed by atoms with E-state index in [4.69, 9.17) is 10.8 Å². The first-order valence-corrected chi connectivity index (χ1v) is 4.32. The van der Waals surface area contributed by atoms with Crippen LogP contribution in [0, 0.1) is 6.92 Å². The summed E-state index contributed by atoms with van der Waals surface area (Å²) in [6.45, 7) is 1.80. The van der Waals surface area contributed by atoms with Crippen LogP contribution in [-0.2, 0) is 4.79 Å². The first-order valence-electron chi connectivity index (χ1n) is 4.32. The van der Waals surface area contributed by atoms with Gasteiger partial charge >= 0.3 is 5.97 Å². The normalized spacial score (nSPS) is 10.5. The van der Waals surface area contributed by atoms with Gasteiger partial charge in [-0.05, 0) is 24.6 Å². The lowest BCUT2D eigenvalue weighted by Gasteiger charge is -2.01. The van der Waals surface area contributed by atoms with E-state index in [-0.39, 0.29) is 5.56 Å². The molecule has 1 rings (SSSR count). The van der Waals surface area contributed by atoms with Gasteiger partial charge in [-0.25, -0.2) is 4.79 Å². The molecule has 15 heavy (non-hydrogen) atoms. The van der Waals surface area contributed by atoms with E-state index in [1.807, 2.05) is 0 Å². The van der Waals surface area contributed by atoms with Crippen LogP contribution in [0.25, 0.3) is 6.08 Å². The van der Waals surface area contributed by atoms with E-state index >= 15 is 0 Å². The van der Waals surface area contributed by atoms with Gasteiger partial charge in [-0.15, -0.1) is 0 Å². The molecule has 1 aromatic rings.